The summed E-state index contributed by atoms with van der Waals surface area (Å²) in [7, 11) is 0. The standard InChI is InChI=1S/C15H15Cl2NO4/c1-2-5-22-15(21)18(12-3-4-12)13(14(19)20)9-6-10(16)8-11(17)7-9/h2,6-8,12-13H,1,3-5H2,(H,19,20). The molecule has 0 bridgehead atoms. The van der Waals surface area contributed by atoms with E-state index in [-0.39, 0.29) is 12.6 Å². The number of halogens is 2. The van der Waals surface area contributed by atoms with Gasteiger partial charge in [-0.3, -0.25) is 4.90 Å². The molecular weight excluding hydrogens is 329 g/mol. The van der Waals surface area contributed by atoms with Crippen molar-refractivity contribution in [3.63, 3.8) is 0 Å². The van der Waals surface area contributed by atoms with Crippen molar-refractivity contribution in [3.8, 4) is 0 Å². The van der Waals surface area contributed by atoms with Crippen LogP contribution in [0.5, 0.6) is 0 Å². The number of amides is 1. The van der Waals surface area contributed by atoms with Gasteiger partial charge in [0.15, 0.2) is 6.04 Å². The van der Waals surface area contributed by atoms with Gasteiger partial charge in [-0.2, -0.15) is 0 Å². The maximum Gasteiger partial charge on any atom is 0.411 e. The number of rotatable bonds is 6. The molecule has 0 aromatic heterocycles. The third kappa shape index (κ3) is 3.93. The summed E-state index contributed by atoms with van der Waals surface area (Å²) in [5.74, 6) is -1.17. The van der Waals surface area contributed by atoms with Gasteiger partial charge in [0.2, 0.25) is 0 Å². The smallest absolute Gasteiger partial charge is 0.411 e. The topological polar surface area (TPSA) is 66.8 Å². The zero-order chi connectivity index (χ0) is 16.3. The molecule has 1 aliphatic carbocycles. The molecule has 0 aliphatic heterocycles. The molecule has 118 valence electrons. The van der Waals surface area contributed by atoms with Crippen molar-refractivity contribution in [2.45, 2.75) is 24.9 Å². The number of hydrogen-bond acceptors (Lipinski definition) is 3. The number of hydrogen-bond donors (Lipinski definition) is 1. The second kappa shape index (κ2) is 7.03. The van der Waals surface area contributed by atoms with Crippen LogP contribution < -0.4 is 0 Å². The Bertz CT molecular complexity index is 581. The summed E-state index contributed by atoms with van der Waals surface area (Å²) in [5, 5.41) is 10.2. The van der Waals surface area contributed by atoms with E-state index < -0.39 is 18.1 Å². The van der Waals surface area contributed by atoms with E-state index in [9.17, 15) is 14.7 Å². The van der Waals surface area contributed by atoms with Crippen molar-refractivity contribution in [1.82, 2.24) is 4.90 Å². The van der Waals surface area contributed by atoms with E-state index in [0.717, 1.165) is 12.8 Å². The molecule has 7 heteroatoms. The van der Waals surface area contributed by atoms with Crippen LogP contribution in [0.2, 0.25) is 10.0 Å². The van der Waals surface area contributed by atoms with Crippen molar-refractivity contribution in [2.75, 3.05) is 6.61 Å². The Morgan fingerprint density at radius 2 is 1.95 bits per heavy atom. The molecule has 1 unspecified atom stereocenters. The summed E-state index contributed by atoms with van der Waals surface area (Å²) < 4.78 is 5.01. The van der Waals surface area contributed by atoms with Gasteiger partial charge < -0.3 is 9.84 Å². The average molecular weight is 344 g/mol. The van der Waals surface area contributed by atoms with Crippen molar-refractivity contribution in [1.29, 1.82) is 0 Å². The summed E-state index contributed by atoms with van der Waals surface area (Å²) >= 11 is 11.9. The maximum atomic E-state index is 12.2. The van der Waals surface area contributed by atoms with Gasteiger partial charge in [0.25, 0.3) is 0 Å². The lowest BCUT2D eigenvalue weighted by molar-refractivity contribution is -0.143. The first kappa shape index (κ1) is 16.6. The van der Waals surface area contributed by atoms with Gasteiger partial charge >= 0.3 is 12.1 Å². The Hall–Kier alpha value is -1.72. The first-order chi connectivity index (χ1) is 10.4. The third-order valence-corrected chi connectivity index (χ3v) is 3.62. The summed E-state index contributed by atoms with van der Waals surface area (Å²) in [6.07, 6.45) is 2.21. The number of nitrogens with zero attached hydrogens (tertiary/aromatic N) is 1. The molecule has 1 aliphatic rings. The molecule has 1 aromatic rings. The van der Waals surface area contributed by atoms with E-state index in [1.807, 2.05) is 0 Å². The molecule has 1 aromatic carbocycles. The van der Waals surface area contributed by atoms with Crippen LogP contribution in [-0.2, 0) is 9.53 Å². The highest BCUT2D eigenvalue weighted by Gasteiger charge is 2.42. The predicted molar refractivity (Wildman–Crippen MR) is 83.2 cm³/mol. The van der Waals surface area contributed by atoms with Crippen LogP contribution in [0.15, 0.2) is 30.9 Å². The van der Waals surface area contributed by atoms with Crippen molar-refractivity contribution < 1.29 is 19.4 Å². The van der Waals surface area contributed by atoms with Gasteiger partial charge in [0, 0.05) is 16.1 Å². The number of carboxylic acid groups (broad SMARTS) is 1. The molecular formula is C15H15Cl2NO4. The molecule has 1 saturated carbocycles. The molecule has 0 radical (unpaired) electrons. The molecule has 1 N–H and O–H groups in total. The van der Waals surface area contributed by atoms with Crippen LogP contribution in [0, 0.1) is 0 Å². The SMILES string of the molecule is C=CCOC(=O)N(C1CC1)C(C(=O)O)c1cc(Cl)cc(Cl)c1. The molecule has 2 rings (SSSR count). The molecule has 22 heavy (non-hydrogen) atoms. The van der Waals surface area contributed by atoms with Crippen LogP contribution in [0.3, 0.4) is 0 Å². The summed E-state index contributed by atoms with van der Waals surface area (Å²) in [6, 6.07) is 3.13. The largest absolute Gasteiger partial charge is 0.479 e. The van der Waals surface area contributed by atoms with E-state index in [1.54, 1.807) is 0 Å². The fraction of sp³-hybridized carbons (Fsp3) is 0.333. The minimum absolute atomic E-state index is 0.0185. The number of carboxylic acids is 1. The second-order valence-corrected chi connectivity index (χ2v) is 5.82. The van der Waals surface area contributed by atoms with Gasteiger partial charge in [-0.1, -0.05) is 35.9 Å². The Kier molecular flexibility index (Phi) is 5.32. The Morgan fingerprint density at radius 3 is 2.41 bits per heavy atom. The molecule has 0 heterocycles. The quantitative estimate of drug-likeness (QED) is 0.795. The lowest BCUT2D eigenvalue weighted by Gasteiger charge is -2.28. The lowest BCUT2D eigenvalue weighted by Crippen LogP contribution is -2.41. The van der Waals surface area contributed by atoms with Crippen LogP contribution >= 0.6 is 23.2 Å². The number of carbonyl (C=O) groups is 2. The maximum absolute atomic E-state index is 12.2. The van der Waals surface area contributed by atoms with Crippen LogP contribution in [0.25, 0.3) is 0 Å². The molecule has 1 atom stereocenters. The first-order valence-electron chi connectivity index (χ1n) is 6.69. The monoisotopic (exact) mass is 343 g/mol. The van der Waals surface area contributed by atoms with E-state index in [4.69, 9.17) is 27.9 Å². The van der Waals surface area contributed by atoms with E-state index in [0.29, 0.717) is 15.6 Å². The summed E-state index contributed by atoms with van der Waals surface area (Å²) in [4.78, 5) is 25.1. The fourth-order valence-electron chi connectivity index (χ4n) is 2.18. The summed E-state index contributed by atoms with van der Waals surface area (Å²) in [6.45, 7) is 3.49. The molecule has 0 saturated heterocycles. The second-order valence-electron chi connectivity index (χ2n) is 4.95. The molecule has 1 amide bonds. The number of carbonyl (C=O) groups excluding carboxylic acids is 1. The van der Waals surface area contributed by atoms with Crippen molar-refractivity contribution >= 4 is 35.3 Å². The Balaban J connectivity index is 2.36. The van der Waals surface area contributed by atoms with Crippen molar-refractivity contribution in [3.05, 3.63) is 46.5 Å². The fourth-order valence-corrected chi connectivity index (χ4v) is 2.72. The van der Waals surface area contributed by atoms with Crippen LogP contribution in [-0.4, -0.2) is 34.7 Å². The minimum Gasteiger partial charge on any atom is -0.479 e. The van der Waals surface area contributed by atoms with E-state index >= 15 is 0 Å². The molecule has 5 nitrogen and oxygen atoms in total. The van der Waals surface area contributed by atoms with Gasteiger partial charge in [-0.25, -0.2) is 9.59 Å². The van der Waals surface area contributed by atoms with Crippen molar-refractivity contribution in [2.24, 2.45) is 0 Å². The van der Waals surface area contributed by atoms with Gasteiger partial charge in [-0.05, 0) is 36.6 Å². The van der Waals surface area contributed by atoms with Crippen LogP contribution in [0.1, 0.15) is 24.4 Å². The zero-order valence-corrected chi connectivity index (χ0v) is 13.2. The average Bonchev–Trinajstić information content (AvgIpc) is 3.24. The van der Waals surface area contributed by atoms with E-state index in [2.05, 4.69) is 6.58 Å². The van der Waals surface area contributed by atoms with Gasteiger partial charge in [-0.15, -0.1) is 0 Å². The first-order valence-corrected chi connectivity index (χ1v) is 7.44. The predicted octanol–water partition coefficient (Wildman–Crippen LogP) is 3.91. The number of aliphatic carboxylic acids is 1. The van der Waals surface area contributed by atoms with E-state index in [1.165, 1.54) is 29.2 Å². The van der Waals surface area contributed by atoms with Crippen LogP contribution in [0.4, 0.5) is 4.79 Å². The Morgan fingerprint density at radius 1 is 1.36 bits per heavy atom. The molecule has 1 fully saturated rings. The summed E-state index contributed by atoms with van der Waals surface area (Å²) in [5.41, 5.74) is 0.340. The van der Waals surface area contributed by atoms with Gasteiger partial charge in [0.05, 0.1) is 0 Å². The number of benzene rings is 1. The highest BCUT2D eigenvalue weighted by Crippen LogP contribution is 2.36. The van der Waals surface area contributed by atoms with Gasteiger partial charge in [0.1, 0.15) is 6.61 Å². The number of ether oxygens (including phenoxy) is 1. The molecule has 0 spiro atoms. The normalized spacial score (nSPS) is 15.0. The Labute approximate surface area is 138 Å². The highest BCUT2D eigenvalue weighted by atomic mass is 35.5. The lowest BCUT2D eigenvalue weighted by atomic mass is 10.1. The highest BCUT2D eigenvalue weighted by molar-refractivity contribution is 6.34. The zero-order valence-electron chi connectivity index (χ0n) is 11.7. The minimum atomic E-state index is -1.19. The third-order valence-electron chi connectivity index (χ3n) is 3.19.